The van der Waals surface area contributed by atoms with Gasteiger partial charge >= 0.3 is 0 Å². The number of hydrogen-bond donors (Lipinski definition) is 2. The van der Waals surface area contributed by atoms with Gasteiger partial charge in [-0.2, -0.15) is 0 Å². The molecule has 0 radical (unpaired) electrons. The van der Waals surface area contributed by atoms with Gasteiger partial charge in [0.1, 0.15) is 6.04 Å². The van der Waals surface area contributed by atoms with Crippen molar-refractivity contribution < 1.29 is 9.59 Å². The maximum Gasteiger partial charge on any atom is 0.245 e. The molecule has 39 heavy (non-hydrogen) atoms. The van der Waals surface area contributed by atoms with E-state index in [-0.39, 0.29) is 23.8 Å². The third-order valence-corrected chi connectivity index (χ3v) is 10.2. The average molecular weight is 550 g/mol. The number of rotatable bonds is 6. The highest BCUT2D eigenvalue weighted by molar-refractivity contribution is 6.30. The van der Waals surface area contributed by atoms with Crippen LogP contribution in [0.3, 0.4) is 0 Å². The van der Waals surface area contributed by atoms with Gasteiger partial charge < -0.3 is 16.0 Å². The highest BCUT2D eigenvalue weighted by Crippen LogP contribution is 2.45. The smallest absolute Gasteiger partial charge is 0.245 e. The largest absolute Gasteiger partial charge is 0.344 e. The second-order valence-corrected chi connectivity index (χ2v) is 12.9. The van der Waals surface area contributed by atoms with Crippen LogP contribution in [0.5, 0.6) is 0 Å². The van der Waals surface area contributed by atoms with Crippen molar-refractivity contribution in [3.8, 4) is 0 Å². The van der Waals surface area contributed by atoms with Crippen LogP contribution < -0.4 is 11.1 Å². The molecule has 1 aliphatic heterocycles. The third kappa shape index (κ3) is 6.52. The molecule has 2 aliphatic carbocycles. The van der Waals surface area contributed by atoms with Crippen molar-refractivity contribution in [3.05, 3.63) is 70.2 Å². The van der Waals surface area contributed by atoms with Crippen LogP contribution in [0.1, 0.15) is 87.4 Å². The Labute approximate surface area is 238 Å². The molecule has 210 valence electrons. The number of halogens is 1. The molecule has 1 saturated carbocycles. The van der Waals surface area contributed by atoms with E-state index in [9.17, 15) is 9.59 Å². The van der Waals surface area contributed by atoms with Crippen LogP contribution in [0.4, 0.5) is 0 Å². The predicted molar refractivity (Wildman–Crippen MR) is 157 cm³/mol. The Morgan fingerprint density at radius 1 is 1.00 bits per heavy atom. The number of likely N-dealkylation sites (tertiary alicyclic amines) is 1. The lowest BCUT2D eigenvalue weighted by molar-refractivity contribution is -0.137. The van der Waals surface area contributed by atoms with E-state index in [4.69, 9.17) is 17.3 Å². The van der Waals surface area contributed by atoms with Crippen LogP contribution in [0, 0.1) is 17.3 Å². The number of aryl methyl sites for hydroxylation is 1. The standard InChI is InChI=1S/C33H44ClN3O2/c1-33(25-9-3-2-4-10-25)18-7-20-37(21-19-33)32(39)29(22-23-12-15-26(34)16-13-23)36-31(38)28-17-14-24-8-5-6-11-27(24)30(28)35/h5-6,8,11-13,15-16,25,28-30H,2-4,7,9-10,14,17-22,35H2,1H3,(H,36,38)/t28-,29-,30+,33?/m1/s1. The highest BCUT2D eigenvalue weighted by Gasteiger charge is 2.39. The van der Waals surface area contributed by atoms with Crippen LogP contribution in [0.15, 0.2) is 48.5 Å². The molecule has 2 aromatic carbocycles. The number of nitrogens with one attached hydrogen (secondary N) is 1. The average Bonchev–Trinajstić information content (AvgIpc) is 3.16. The molecular formula is C33H44ClN3O2. The molecule has 2 amide bonds. The molecule has 4 atom stereocenters. The van der Waals surface area contributed by atoms with Gasteiger partial charge in [-0.1, -0.05) is 74.2 Å². The van der Waals surface area contributed by atoms with E-state index >= 15 is 0 Å². The Morgan fingerprint density at radius 2 is 1.74 bits per heavy atom. The molecule has 3 N–H and O–H groups in total. The summed E-state index contributed by atoms with van der Waals surface area (Å²) < 4.78 is 0. The second-order valence-electron chi connectivity index (χ2n) is 12.4. The van der Waals surface area contributed by atoms with Gasteiger partial charge in [0, 0.05) is 30.6 Å². The van der Waals surface area contributed by atoms with Crippen LogP contribution in [0.2, 0.25) is 5.02 Å². The van der Waals surface area contributed by atoms with E-state index in [2.05, 4.69) is 18.3 Å². The lowest BCUT2D eigenvalue weighted by atomic mass is 9.66. The quantitative estimate of drug-likeness (QED) is 0.448. The van der Waals surface area contributed by atoms with Gasteiger partial charge in [-0.3, -0.25) is 9.59 Å². The van der Waals surface area contributed by atoms with Crippen LogP contribution in [-0.4, -0.2) is 35.8 Å². The number of carbonyl (C=O) groups excluding carboxylic acids is 2. The fraction of sp³-hybridized carbons (Fsp3) is 0.576. The Bertz CT molecular complexity index is 1150. The molecule has 1 saturated heterocycles. The van der Waals surface area contributed by atoms with Gasteiger partial charge in [0.2, 0.25) is 11.8 Å². The molecule has 3 aliphatic rings. The van der Waals surface area contributed by atoms with Crippen LogP contribution >= 0.6 is 11.6 Å². The molecule has 5 rings (SSSR count). The maximum atomic E-state index is 14.1. The van der Waals surface area contributed by atoms with Crippen LogP contribution in [-0.2, 0) is 22.4 Å². The molecule has 1 unspecified atom stereocenters. The molecule has 2 fully saturated rings. The summed E-state index contributed by atoms with van der Waals surface area (Å²) in [5.74, 6) is 0.322. The lowest BCUT2D eigenvalue weighted by Crippen LogP contribution is -2.52. The van der Waals surface area contributed by atoms with Crippen molar-refractivity contribution in [2.45, 2.75) is 89.6 Å². The minimum Gasteiger partial charge on any atom is -0.344 e. The molecule has 0 bridgehead atoms. The molecule has 0 spiro atoms. The Hall–Kier alpha value is -2.37. The number of nitrogens with zero attached hydrogens (tertiary/aromatic N) is 1. The van der Waals surface area contributed by atoms with Crippen molar-refractivity contribution in [3.63, 3.8) is 0 Å². The lowest BCUT2D eigenvalue weighted by Gasteiger charge is -2.39. The van der Waals surface area contributed by atoms with Crippen molar-refractivity contribution in [2.24, 2.45) is 23.0 Å². The summed E-state index contributed by atoms with van der Waals surface area (Å²) in [6.45, 7) is 3.96. The maximum absolute atomic E-state index is 14.1. The van der Waals surface area contributed by atoms with Gasteiger partial charge in [0.25, 0.3) is 0 Å². The highest BCUT2D eigenvalue weighted by atomic mass is 35.5. The Balaban J connectivity index is 1.31. The number of nitrogens with two attached hydrogens (primary N) is 1. The molecule has 5 nitrogen and oxygen atoms in total. The zero-order chi connectivity index (χ0) is 27.4. The summed E-state index contributed by atoms with van der Waals surface area (Å²) in [4.78, 5) is 29.7. The van der Waals surface area contributed by atoms with Gasteiger partial charge in [-0.05, 0) is 85.1 Å². The van der Waals surface area contributed by atoms with E-state index in [0.717, 1.165) is 49.4 Å². The predicted octanol–water partition coefficient (Wildman–Crippen LogP) is 6.23. The van der Waals surface area contributed by atoms with Gasteiger partial charge in [-0.15, -0.1) is 0 Å². The fourth-order valence-electron chi connectivity index (χ4n) is 7.37. The summed E-state index contributed by atoms with van der Waals surface area (Å²) >= 11 is 6.13. The first-order valence-corrected chi connectivity index (χ1v) is 15.4. The molecule has 2 aromatic rings. The minimum atomic E-state index is -0.623. The minimum absolute atomic E-state index is 0.0241. The number of benzene rings is 2. The van der Waals surface area contributed by atoms with E-state index in [1.807, 2.05) is 47.4 Å². The Morgan fingerprint density at radius 3 is 2.51 bits per heavy atom. The first-order chi connectivity index (χ1) is 18.8. The number of hydrogen-bond acceptors (Lipinski definition) is 3. The molecular weight excluding hydrogens is 506 g/mol. The van der Waals surface area contributed by atoms with Gasteiger partial charge in [-0.25, -0.2) is 0 Å². The molecule has 0 aromatic heterocycles. The summed E-state index contributed by atoms with van der Waals surface area (Å²) in [7, 11) is 0. The number of carbonyl (C=O) groups is 2. The van der Waals surface area contributed by atoms with Crippen molar-refractivity contribution in [1.82, 2.24) is 10.2 Å². The zero-order valence-corrected chi connectivity index (χ0v) is 24.1. The molecule has 6 heteroatoms. The van der Waals surface area contributed by atoms with E-state index < -0.39 is 6.04 Å². The van der Waals surface area contributed by atoms with Crippen molar-refractivity contribution >= 4 is 23.4 Å². The SMILES string of the molecule is CC1(C2CCCCC2)CCCN(C(=O)[C@@H](Cc2ccc(Cl)cc2)NC(=O)[C@@H]2CCc3ccccc3[C@@H]2N)CC1. The van der Waals surface area contributed by atoms with Crippen molar-refractivity contribution in [2.75, 3.05) is 13.1 Å². The first kappa shape index (κ1) is 28.2. The van der Waals surface area contributed by atoms with E-state index in [1.165, 1.54) is 44.1 Å². The zero-order valence-electron chi connectivity index (χ0n) is 23.3. The van der Waals surface area contributed by atoms with Crippen molar-refractivity contribution in [1.29, 1.82) is 0 Å². The topological polar surface area (TPSA) is 75.4 Å². The van der Waals surface area contributed by atoms with Crippen LogP contribution in [0.25, 0.3) is 0 Å². The first-order valence-electron chi connectivity index (χ1n) is 15.0. The monoisotopic (exact) mass is 549 g/mol. The second kappa shape index (κ2) is 12.4. The number of fused-ring (bicyclic) bond motifs is 1. The molecule has 1 heterocycles. The normalized spacial score (nSPS) is 26.8. The van der Waals surface area contributed by atoms with Gasteiger partial charge in [0.05, 0.1) is 5.92 Å². The summed E-state index contributed by atoms with van der Waals surface area (Å²) in [5.41, 5.74) is 10.1. The van der Waals surface area contributed by atoms with E-state index in [1.54, 1.807) is 0 Å². The van der Waals surface area contributed by atoms with E-state index in [0.29, 0.717) is 23.3 Å². The number of amides is 2. The third-order valence-electron chi connectivity index (χ3n) is 9.91. The van der Waals surface area contributed by atoms with Gasteiger partial charge in [0.15, 0.2) is 0 Å². The fourth-order valence-corrected chi connectivity index (χ4v) is 7.50. The summed E-state index contributed by atoms with van der Waals surface area (Å²) in [5, 5.41) is 3.83. The Kier molecular flexibility index (Phi) is 8.98. The summed E-state index contributed by atoms with van der Waals surface area (Å²) in [6, 6.07) is 14.7. The summed E-state index contributed by atoms with van der Waals surface area (Å²) in [6.07, 6.45) is 11.9.